The molecule has 0 saturated carbocycles. The Kier molecular flexibility index (Phi) is 3.41. The van der Waals surface area contributed by atoms with E-state index in [0.29, 0.717) is 11.8 Å². The maximum absolute atomic E-state index is 6.24. The van der Waals surface area contributed by atoms with Gasteiger partial charge in [-0.25, -0.2) is 9.97 Å². The molecule has 0 fully saturated rings. The number of nitrogens with zero attached hydrogens (tertiary/aromatic N) is 4. The van der Waals surface area contributed by atoms with Gasteiger partial charge in [0.15, 0.2) is 11.4 Å². The SMILES string of the molecule is Cc1ccc2c(n1)oc1c(N3c4cccnc4N(C(C)C)C3C)cccc12. The molecule has 1 unspecified atom stereocenters. The fraction of sp³-hybridized carbons (Fsp3) is 0.273. The summed E-state index contributed by atoms with van der Waals surface area (Å²) in [4.78, 5) is 13.9. The van der Waals surface area contributed by atoms with Crippen LogP contribution in [0.2, 0.25) is 0 Å². The van der Waals surface area contributed by atoms with Gasteiger partial charge in [-0.05, 0) is 58.0 Å². The highest BCUT2D eigenvalue weighted by molar-refractivity contribution is 6.09. The van der Waals surface area contributed by atoms with Crippen molar-refractivity contribution < 1.29 is 4.42 Å². The summed E-state index contributed by atoms with van der Waals surface area (Å²) in [5.74, 6) is 1.02. The molecule has 136 valence electrons. The summed E-state index contributed by atoms with van der Waals surface area (Å²) in [6, 6.07) is 14.9. The van der Waals surface area contributed by atoms with Crippen LogP contribution in [0.5, 0.6) is 0 Å². The van der Waals surface area contributed by atoms with Crippen LogP contribution in [0, 0.1) is 6.92 Å². The summed E-state index contributed by atoms with van der Waals surface area (Å²) in [5, 5.41) is 2.15. The van der Waals surface area contributed by atoms with Crippen LogP contribution in [0.15, 0.2) is 53.1 Å². The number of hydrogen-bond donors (Lipinski definition) is 0. The zero-order chi connectivity index (χ0) is 18.7. The molecule has 5 rings (SSSR count). The Morgan fingerprint density at radius 2 is 1.81 bits per heavy atom. The minimum Gasteiger partial charge on any atom is -0.435 e. The van der Waals surface area contributed by atoms with Gasteiger partial charge in [-0.15, -0.1) is 0 Å². The molecule has 0 spiro atoms. The number of furan rings is 1. The minimum atomic E-state index is 0.142. The van der Waals surface area contributed by atoms with E-state index in [-0.39, 0.29) is 6.17 Å². The van der Waals surface area contributed by atoms with Crippen molar-refractivity contribution in [3.8, 4) is 0 Å². The fourth-order valence-electron chi connectivity index (χ4n) is 4.23. The highest BCUT2D eigenvalue weighted by Gasteiger charge is 2.37. The maximum atomic E-state index is 6.24. The van der Waals surface area contributed by atoms with E-state index in [1.807, 2.05) is 25.3 Å². The summed E-state index contributed by atoms with van der Waals surface area (Å²) >= 11 is 0. The zero-order valence-electron chi connectivity index (χ0n) is 16.0. The molecule has 4 heterocycles. The molecule has 0 saturated heterocycles. The molecule has 0 N–H and O–H groups in total. The van der Waals surface area contributed by atoms with Crippen LogP contribution in [-0.2, 0) is 0 Å². The molecule has 3 aromatic heterocycles. The van der Waals surface area contributed by atoms with Gasteiger partial charge in [-0.1, -0.05) is 12.1 Å². The third-order valence-corrected chi connectivity index (χ3v) is 5.34. The minimum absolute atomic E-state index is 0.142. The van der Waals surface area contributed by atoms with E-state index in [9.17, 15) is 0 Å². The van der Waals surface area contributed by atoms with Gasteiger partial charge < -0.3 is 14.2 Å². The highest BCUT2D eigenvalue weighted by atomic mass is 16.3. The molecule has 1 aliphatic heterocycles. The predicted molar refractivity (Wildman–Crippen MR) is 110 cm³/mol. The lowest BCUT2D eigenvalue weighted by molar-refractivity contribution is 0.598. The van der Waals surface area contributed by atoms with Crippen molar-refractivity contribution >= 4 is 39.3 Å². The Morgan fingerprint density at radius 1 is 1.00 bits per heavy atom. The van der Waals surface area contributed by atoms with Gasteiger partial charge in [-0.2, -0.15) is 0 Å². The lowest BCUT2D eigenvalue weighted by atomic mass is 10.1. The number of pyridine rings is 2. The molecular formula is C22H22N4O. The molecule has 1 atom stereocenters. The summed E-state index contributed by atoms with van der Waals surface area (Å²) in [6.07, 6.45) is 2.00. The number of aromatic nitrogens is 2. The first-order valence-electron chi connectivity index (χ1n) is 9.37. The Balaban J connectivity index is 1.77. The van der Waals surface area contributed by atoms with E-state index < -0.39 is 0 Å². The van der Waals surface area contributed by atoms with Gasteiger partial charge in [0.05, 0.1) is 11.4 Å². The lowest BCUT2D eigenvalue weighted by Crippen LogP contribution is -2.42. The van der Waals surface area contributed by atoms with Crippen molar-refractivity contribution in [3.63, 3.8) is 0 Å². The number of aryl methyl sites for hydroxylation is 1. The molecule has 5 nitrogen and oxygen atoms in total. The van der Waals surface area contributed by atoms with Crippen LogP contribution < -0.4 is 9.80 Å². The van der Waals surface area contributed by atoms with Crippen molar-refractivity contribution in [2.45, 2.75) is 39.9 Å². The summed E-state index contributed by atoms with van der Waals surface area (Å²) in [7, 11) is 0. The molecule has 1 aliphatic rings. The quantitative estimate of drug-likeness (QED) is 0.480. The molecule has 4 aromatic rings. The molecule has 0 amide bonds. The first-order chi connectivity index (χ1) is 13.1. The second-order valence-corrected chi connectivity index (χ2v) is 7.41. The van der Waals surface area contributed by atoms with Gasteiger partial charge in [0.25, 0.3) is 0 Å². The van der Waals surface area contributed by atoms with Crippen LogP contribution in [0.4, 0.5) is 17.2 Å². The monoisotopic (exact) mass is 358 g/mol. The number of hydrogen-bond acceptors (Lipinski definition) is 5. The molecule has 0 aliphatic carbocycles. The third kappa shape index (κ3) is 2.24. The summed E-state index contributed by atoms with van der Waals surface area (Å²) < 4.78 is 6.24. The Morgan fingerprint density at radius 3 is 2.63 bits per heavy atom. The van der Waals surface area contributed by atoms with E-state index in [0.717, 1.165) is 39.2 Å². The first kappa shape index (κ1) is 16.1. The van der Waals surface area contributed by atoms with E-state index in [4.69, 9.17) is 4.42 Å². The van der Waals surface area contributed by atoms with Crippen LogP contribution in [0.25, 0.3) is 22.1 Å². The average Bonchev–Trinajstić information content (AvgIpc) is 3.15. The maximum Gasteiger partial charge on any atom is 0.227 e. The van der Waals surface area contributed by atoms with Crippen molar-refractivity contribution in [1.29, 1.82) is 0 Å². The fourth-order valence-corrected chi connectivity index (χ4v) is 4.23. The van der Waals surface area contributed by atoms with Gasteiger partial charge in [0, 0.05) is 28.7 Å². The van der Waals surface area contributed by atoms with Gasteiger partial charge in [-0.3, -0.25) is 0 Å². The zero-order valence-corrected chi connectivity index (χ0v) is 16.0. The van der Waals surface area contributed by atoms with Crippen LogP contribution >= 0.6 is 0 Å². The van der Waals surface area contributed by atoms with E-state index in [1.165, 1.54) is 0 Å². The molecule has 1 aromatic carbocycles. The number of benzene rings is 1. The second-order valence-electron chi connectivity index (χ2n) is 7.41. The number of anilines is 3. The number of para-hydroxylation sites is 1. The smallest absolute Gasteiger partial charge is 0.227 e. The highest BCUT2D eigenvalue weighted by Crippen LogP contribution is 2.46. The summed E-state index contributed by atoms with van der Waals surface area (Å²) in [5.41, 5.74) is 4.68. The van der Waals surface area contributed by atoms with Gasteiger partial charge in [0.1, 0.15) is 6.17 Å². The molecule has 27 heavy (non-hydrogen) atoms. The van der Waals surface area contributed by atoms with Crippen molar-refractivity contribution in [1.82, 2.24) is 9.97 Å². The van der Waals surface area contributed by atoms with E-state index >= 15 is 0 Å². The van der Waals surface area contributed by atoms with Gasteiger partial charge >= 0.3 is 0 Å². The topological polar surface area (TPSA) is 45.4 Å². The lowest BCUT2D eigenvalue weighted by Gasteiger charge is -2.32. The third-order valence-electron chi connectivity index (χ3n) is 5.34. The Labute approximate surface area is 158 Å². The van der Waals surface area contributed by atoms with E-state index in [2.05, 4.69) is 70.9 Å². The first-order valence-corrected chi connectivity index (χ1v) is 9.37. The molecule has 0 bridgehead atoms. The van der Waals surface area contributed by atoms with Crippen LogP contribution in [0.3, 0.4) is 0 Å². The summed E-state index contributed by atoms with van der Waals surface area (Å²) in [6.45, 7) is 8.60. The molecular weight excluding hydrogens is 336 g/mol. The average molecular weight is 358 g/mol. The van der Waals surface area contributed by atoms with Crippen LogP contribution in [-0.4, -0.2) is 22.2 Å². The second kappa shape index (κ2) is 5.71. The number of rotatable bonds is 2. The van der Waals surface area contributed by atoms with Gasteiger partial charge in [0.2, 0.25) is 5.71 Å². The molecule has 5 heteroatoms. The Hall–Kier alpha value is -3.08. The normalized spacial score (nSPS) is 16.7. The standard InChI is InChI=1S/C22H22N4O/c1-13(2)25-15(4)26(19-9-6-12-23-21(19)25)18-8-5-7-16-17-11-10-14(3)24-22(17)27-20(16)18/h5-13,15H,1-4H3. The van der Waals surface area contributed by atoms with Crippen molar-refractivity contribution in [2.75, 3.05) is 9.80 Å². The molecule has 0 radical (unpaired) electrons. The van der Waals surface area contributed by atoms with Crippen molar-refractivity contribution in [3.05, 3.63) is 54.4 Å². The predicted octanol–water partition coefficient (Wildman–Crippen LogP) is 5.40. The van der Waals surface area contributed by atoms with Crippen LogP contribution in [0.1, 0.15) is 26.5 Å². The number of fused-ring (bicyclic) bond motifs is 4. The van der Waals surface area contributed by atoms with E-state index in [1.54, 1.807) is 0 Å². The Bertz CT molecular complexity index is 1160. The van der Waals surface area contributed by atoms with Crippen molar-refractivity contribution in [2.24, 2.45) is 0 Å². The largest absolute Gasteiger partial charge is 0.435 e.